The van der Waals surface area contributed by atoms with Crippen LogP contribution in [0.5, 0.6) is 5.88 Å². The molecular formula is C16H11Cl2N5O3S. The van der Waals surface area contributed by atoms with Gasteiger partial charge in [0, 0.05) is 6.20 Å². The van der Waals surface area contributed by atoms with E-state index in [4.69, 9.17) is 23.2 Å². The number of thiazole rings is 1. The number of nitrogens with zero attached hydrogens (tertiary/aromatic N) is 2. The number of hydrogen-bond acceptors (Lipinski definition) is 7. The molecule has 1 aliphatic rings. The molecule has 138 valence electrons. The molecule has 3 heterocycles. The van der Waals surface area contributed by atoms with Gasteiger partial charge in [0.05, 0.1) is 22.8 Å². The zero-order valence-corrected chi connectivity index (χ0v) is 15.7. The SMILES string of the molecule is O=c1c(Cl)c[nH]c(Cn2c(O)c(C=c3ccc4c(c3)NNN=4)sc2=O)c1Cl. The van der Waals surface area contributed by atoms with Crippen molar-refractivity contribution in [3.8, 4) is 5.88 Å². The predicted molar refractivity (Wildman–Crippen MR) is 104 cm³/mol. The van der Waals surface area contributed by atoms with E-state index in [0.29, 0.717) is 4.88 Å². The highest BCUT2D eigenvalue weighted by Gasteiger charge is 2.16. The van der Waals surface area contributed by atoms with Crippen LogP contribution in [-0.4, -0.2) is 14.7 Å². The highest BCUT2D eigenvalue weighted by Crippen LogP contribution is 2.23. The number of hydrogen-bond donors (Lipinski definition) is 4. The Morgan fingerprint density at radius 3 is 2.93 bits per heavy atom. The predicted octanol–water partition coefficient (Wildman–Crippen LogP) is 0.952. The Balaban J connectivity index is 1.74. The van der Waals surface area contributed by atoms with Crippen LogP contribution in [0, 0.1) is 0 Å². The van der Waals surface area contributed by atoms with Crippen molar-refractivity contribution in [1.29, 1.82) is 0 Å². The molecule has 0 fully saturated rings. The van der Waals surface area contributed by atoms with E-state index in [0.717, 1.165) is 32.2 Å². The van der Waals surface area contributed by atoms with Crippen molar-refractivity contribution in [2.45, 2.75) is 6.54 Å². The number of hydrazine groups is 1. The summed E-state index contributed by atoms with van der Waals surface area (Å²) in [6, 6.07) is 5.46. The molecule has 1 aromatic carbocycles. The van der Waals surface area contributed by atoms with Crippen molar-refractivity contribution in [2.75, 3.05) is 5.43 Å². The summed E-state index contributed by atoms with van der Waals surface area (Å²) < 4.78 is 1.13. The van der Waals surface area contributed by atoms with Crippen LogP contribution in [0.2, 0.25) is 10.0 Å². The minimum atomic E-state index is -0.536. The average Bonchev–Trinajstić information content (AvgIpc) is 3.21. The first kappa shape index (κ1) is 17.7. The molecule has 4 rings (SSSR count). The lowest BCUT2D eigenvalue weighted by atomic mass is 10.2. The van der Waals surface area contributed by atoms with Gasteiger partial charge < -0.3 is 10.1 Å². The van der Waals surface area contributed by atoms with Gasteiger partial charge in [0.2, 0.25) is 11.3 Å². The molecule has 0 radical (unpaired) electrons. The maximum atomic E-state index is 12.3. The number of benzene rings is 1. The van der Waals surface area contributed by atoms with Crippen LogP contribution in [0.15, 0.2) is 39.1 Å². The standard InChI is InChI=1S/C16H11Cl2N5O3S/c17-8-5-19-11(13(18)14(8)24)6-23-15(25)12(27-16(23)26)4-7-1-2-9-10(3-7)21-22-20-9/h1-5,21-22,25H,6H2,(H,19,24). The molecule has 0 atom stereocenters. The summed E-state index contributed by atoms with van der Waals surface area (Å²) in [4.78, 5) is 26.9. The Morgan fingerprint density at radius 1 is 1.30 bits per heavy atom. The van der Waals surface area contributed by atoms with Crippen molar-refractivity contribution < 1.29 is 5.11 Å². The quantitative estimate of drug-likeness (QED) is 0.501. The van der Waals surface area contributed by atoms with E-state index in [9.17, 15) is 14.7 Å². The summed E-state index contributed by atoms with van der Waals surface area (Å²) >= 11 is 12.6. The molecule has 0 amide bonds. The summed E-state index contributed by atoms with van der Waals surface area (Å²) in [5.41, 5.74) is 6.07. The summed E-state index contributed by atoms with van der Waals surface area (Å²) in [6.07, 6.45) is 2.98. The third-order valence-electron chi connectivity index (χ3n) is 3.95. The lowest BCUT2D eigenvalue weighted by Crippen LogP contribution is -2.17. The van der Waals surface area contributed by atoms with Crippen molar-refractivity contribution in [2.24, 2.45) is 5.10 Å². The second-order valence-corrected chi connectivity index (χ2v) is 7.45. The molecule has 0 saturated heterocycles. The largest absolute Gasteiger partial charge is 0.493 e. The third-order valence-corrected chi connectivity index (χ3v) is 5.55. The van der Waals surface area contributed by atoms with Gasteiger partial charge in [0.15, 0.2) is 0 Å². The van der Waals surface area contributed by atoms with E-state index in [2.05, 4.69) is 21.0 Å². The van der Waals surface area contributed by atoms with Crippen LogP contribution in [-0.2, 0) is 6.54 Å². The molecule has 3 aromatic rings. The first-order chi connectivity index (χ1) is 12.9. The molecule has 0 saturated carbocycles. The van der Waals surface area contributed by atoms with Crippen LogP contribution in [0.1, 0.15) is 10.6 Å². The van der Waals surface area contributed by atoms with Crippen molar-refractivity contribution in [3.63, 3.8) is 0 Å². The van der Waals surface area contributed by atoms with E-state index in [1.165, 1.54) is 6.20 Å². The van der Waals surface area contributed by atoms with Crippen molar-refractivity contribution in [3.05, 3.63) is 75.5 Å². The summed E-state index contributed by atoms with van der Waals surface area (Å²) in [5, 5.41) is 15.9. The Morgan fingerprint density at radius 2 is 2.11 bits per heavy atom. The Kier molecular flexibility index (Phi) is 4.42. The first-order valence-corrected chi connectivity index (χ1v) is 9.20. The number of fused-ring (bicyclic) bond motifs is 1. The molecule has 11 heteroatoms. The number of rotatable bonds is 3. The average molecular weight is 424 g/mol. The van der Waals surface area contributed by atoms with E-state index in [1.807, 2.05) is 18.2 Å². The molecule has 0 unspecified atom stereocenters. The molecule has 0 bridgehead atoms. The third kappa shape index (κ3) is 3.20. The first-order valence-electron chi connectivity index (χ1n) is 7.63. The highest BCUT2D eigenvalue weighted by atomic mass is 35.5. The lowest BCUT2D eigenvalue weighted by molar-refractivity contribution is 0.419. The van der Waals surface area contributed by atoms with Crippen LogP contribution in [0.25, 0.3) is 6.08 Å². The van der Waals surface area contributed by atoms with Gasteiger partial charge in [-0.2, -0.15) is 5.10 Å². The van der Waals surface area contributed by atoms with Crippen molar-refractivity contribution in [1.82, 2.24) is 15.1 Å². The van der Waals surface area contributed by atoms with E-state index >= 15 is 0 Å². The number of nitrogens with one attached hydrogen (secondary N) is 3. The number of aromatic nitrogens is 2. The maximum Gasteiger partial charge on any atom is 0.310 e. The van der Waals surface area contributed by atoms with Gasteiger partial charge in [-0.15, -0.1) is 0 Å². The van der Waals surface area contributed by atoms with Gasteiger partial charge in [-0.3, -0.25) is 19.6 Å². The number of anilines is 1. The molecular weight excluding hydrogens is 413 g/mol. The summed E-state index contributed by atoms with van der Waals surface area (Å²) in [5.74, 6) is -0.215. The van der Waals surface area contributed by atoms with Crippen LogP contribution in [0.4, 0.5) is 5.69 Å². The second kappa shape index (κ2) is 6.76. The fraction of sp³-hybridized carbons (Fsp3) is 0.0625. The zero-order valence-electron chi connectivity index (χ0n) is 13.4. The molecule has 0 aliphatic carbocycles. The smallest absolute Gasteiger partial charge is 0.310 e. The van der Waals surface area contributed by atoms with Crippen LogP contribution in [0.3, 0.4) is 0 Å². The fourth-order valence-electron chi connectivity index (χ4n) is 2.58. The Hall–Kier alpha value is -2.75. The van der Waals surface area contributed by atoms with E-state index in [-0.39, 0.29) is 33.0 Å². The summed E-state index contributed by atoms with van der Waals surface area (Å²) in [7, 11) is 0. The lowest BCUT2D eigenvalue weighted by Gasteiger charge is -2.06. The van der Waals surface area contributed by atoms with Gasteiger partial charge >= 0.3 is 4.87 Å². The van der Waals surface area contributed by atoms with Gasteiger partial charge in [-0.1, -0.05) is 40.6 Å². The van der Waals surface area contributed by atoms with Gasteiger partial charge in [0.1, 0.15) is 15.4 Å². The molecule has 8 nitrogen and oxygen atoms in total. The van der Waals surface area contributed by atoms with Gasteiger partial charge in [-0.05, 0) is 23.4 Å². The monoisotopic (exact) mass is 423 g/mol. The number of halogens is 2. The normalized spacial score (nSPS) is 13.0. The highest BCUT2D eigenvalue weighted by molar-refractivity contribution is 7.10. The van der Waals surface area contributed by atoms with Gasteiger partial charge in [0.25, 0.3) is 0 Å². The minimum Gasteiger partial charge on any atom is -0.493 e. The zero-order chi connectivity index (χ0) is 19.1. The minimum absolute atomic E-state index is 0.0499. The topological polar surface area (TPSA) is 112 Å². The Labute approximate surface area is 165 Å². The molecule has 4 N–H and O–H groups in total. The second-order valence-electron chi connectivity index (χ2n) is 5.67. The molecule has 2 aromatic heterocycles. The fourth-order valence-corrected chi connectivity index (χ4v) is 3.84. The van der Waals surface area contributed by atoms with Gasteiger partial charge in [-0.25, -0.2) is 5.53 Å². The van der Waals surface area contributed by atoms with Crippen LogP contribution < -0.4 is 31.8 Å². The van der Waals surface area contributed by atoms with Crippen LogP contribution >= 0.6 is 34.5 Å². The number of pyridine rings is 1. The maximum absolute atomic E-state index is 12.3. The van der Waals surface area contributed by atoms with E-state index < -0.39 is 5.43 Å². The number of H-pyrrole nitrogens is 1. The molecule has 0 spiro atoms. The summed E-state index contributed by atoms with van der Waals surface area (Å²) in [6.45, 7) is -0.0885. The van der Waals surface area contributed by atoms with Crippen molar-refractivity contribution >= 4 is 46.3 Å². The molecule has 27 heavy (non-hydrogen) atoms. The number of aromatic amines is 1. The van der Waals surface area contributed by atoms with E-state index in [1.54, 1.807) is 6.08 Å². The Bertz CT molecular complexity index is 1290. The number of aromatic hydroxyl groups is 1. The molecule has 1 aliphatic heterocycles.